The zero-order valence-electron chi connectivity index (χ0n) is 8.95. The van der Waals surface area contributed by atoms with Crippen LogP contribution in [0.5, 0.6) is 0 Å². The van der Waals surface area contributed by atoms with Crippen LogP contribution in [0.25, 0.3) is 0 Å². The van der Waals surface area contributed by atoms with Gasteiger partial charge in [-0.05, 0) is 38.8 Å². The molecule has 1 atom stereocenters. The molecule has 4 heteroatoms. The largest absolute Gasteiger partial charge is 0.367 e. The van der Waals surface area contributed by atoms with E-state index in [-0.39, 0.29) is 12.0 Å². The van der Waals surface area contributed by atoms with Crippen molar-refractivity contribution in [2.45, 2.75) is 38.4 Å². The molecule has 0 aromatic carbocycles. The number of amides is 1. The Morgan fingerprint density at radius 3 is 2.71 bits per heavy atom. The van der Waals surface area contributed by atoms with E-state index in [2.05, 4.69) is 5.32 Å². The molecule has 0 saturated heterocycles. The molecule has 1 unspecified atom stereocenters. The van der Waals surface area contributed by atoms with Crippen molar-refractivity contribution in [2.75, 3.05) is 13.6 Å². The van der Waals surface area contributed by atoms with Gasteiger partial charge in [0.15, 0.2) is 0 Å². The molecule has 3 N–H and O–H groups in total. The quantitative estimate of drug-likeness (QED) is 0.646. The molecule has 0 aromatic heterocycles. The summed E-state index contributed by atoms with van der Waals surface area (Å²) in [6.07, 6.45) is 2.61. The van der Waals surface area contributed by atoms with Crippen molar-refractivity contribution in [3.63, 3.8) is 0 Å². The standard InChI is InChI=1S/C10H20N2O2/c1-3-9(10(11)13)14-8-4-7(5-8)6-12-2/h7-9,12H,3-6H2,1-2H3,(H2,11,13). The van der Waals surface area contributed by atoms with E-state index < -0.39 is 6.10 Å². The number of primary amides is 1. The molecular weight excluding hydrogens is 180 g/mol. The average molecular weight is 200 g/mol. The summed E-state index contributed by atoms with van der Waals surface area (Å²) in [7, 11) is 1.95. The van der Waals surface area contributed by atoms with E-state index in [9.17, 15) is 4.79 Å². The minimum atomic E-state index is -0.393. The number of carbonyl (C=O) groups excluding carboxylic acids is 1. The Morgan fingerprint density at radius 2 is 2.29 bits per heavy atom. The van der Waals surface area contributed by atoms with Gasteiger partial charge in [0.25, 0.3) is 0 Å². The minimum absolute atomic E-state index is 0.241. The van der Waals surface area contributed by atoms with Gasteiger partial charge in [0.05, 0.1) is 6.10 Å². The molecule has 0 aliphatic heterocycles. The van der Waals surface area contributed by atoms with Crippen LogP contribution in [0.4, 0.5) is 0 Å². The van der Waals surface area contributed by atoms with Crippen molar-refractivity contribution < 1.29 is 9.53 Å². The van der Waals surface area contributed by atoms with Gasteiger partial charge >= 0.3 is 0 Å². The zero-order chi connectivity index (χ0) is 10.6. The molecule has 0 spiro atoms. The van der Waals surface area contributed by atoms with Crippen LogP contribution in [0, 0.1) is 5.92 Å². The highest BCUT2D eigenvalue weighted by Gasteiger charge is 2.32. The van der Waals surface area contributed by atoms with Crippen LogP contribution < -0.4 is 11.1 Å². The van der Waals surface area contributed by atoms with E-state index in [0.29, 0.717) is 12.3 Å². The molecule has 0 radical (unpaired) electrons. The van der Waals surface area contributed by atoms with Crippen LogP contribution >= 0.6 is 0 Å². The third-order valence-electron chi connectivity index (χ3n) is 2.73. The molecule has 1 fully saturated rings. The maximum absolute atomic E-state index is 10.9. The van der Waals surface area contributed by atoms with Gasteiger partial charge in [-0.2, -0.15) is 0 Å². The second kappa shape index (κ2) is 5.32. The van der Waals surface area contributed by atoms with Gasteiger partial charge in [-0.3, -0.25) is 4.79 Å². The fourth-order valence-corrected chi connectivity index (χ4v) is 1.84. The lowest BCUT2D eigenvalue weighted by atomic mass is 9.82. The number of nitrogens with two attached hydrogens (primary N) is 1. The van der Waals surface area contributed by atoms with Gasteiger partial charge in [-0.1, -0.05) is 6.92 Å². The smallest absolute Gasteiger partial charge is 0.246 e. The van der Waals surface area contributed by atoms with E-state index >= 15 is 0 Å². The summed E-state index contributed by atoms with van der Waals surface area (Å²) in [4.78, 5) is 10.9. The van der Waals surface area contributed by atoms with Gasteiger partial charge in [0.1, 0.15) is 6.10 Å². The first-order valence-electron chi connectivity index (χ1n) is 5.26. The van der Waals surface area contributed by atoms with E-state index in [0.717, 1.165) is 19.4 Å². The Kier molecular flexibility index (Phi) is 4.35. The van der Waals surface area contributed by atoms with E-state index in [1.165, 1.54) is 0 Å². The Bertz CT molecular complexity index is 191. The molecule has 1 aliphatic carbocycles. The molecule has 1 amide bonds. The van der Waals surface area contributed by atoms with Crippen LogP contribution in [-0.4, -0.2) is 31.7 Å². The van der Waals surface area contributed by atoms with Crippen LogP contribution in [0.2, 0.25) is 0 Å². The van der Waals surface area contributed by atoms with Crippen molar-refractivity contribution in [3.8, 4) is 0 Å². The fourth-order valence-electron chi connectivity index (χ4n) is 1.84. The number of hydrogen-bond donors (Lipinski definition) is 2. The number of ether oxygens (including phenoxy) is 1. The first-order chi connectivity index (χ1) is 6.67. The molecule has 82 valence electrons. The van der Waals surface area contributed by atoms with Crippen molar-refractivity contribution in [2.24, 2.45) is 11.7 Å². The van der Waals surface area contributed by atoms with Crippen LogP contribution in [0.3, 0.4) is 0 Å². The summed E-state index contributed by atoms with van der Waals surface area (Å²) in [5, 5.41) is 3.13. The first kappa shape index (κ1) is 11.5. The fraction of sp³-hybridized carbons (Fsp3) is 0.900. The highest BCUT2D eigenvalue weighted by atomic mass is 16.5. The van der Waals surface area contributed by atoms with Crippen molar-refractivity contribution in [3.05, 3.63) is 0 Å². The molecular formula is C10H20N2O2. The Hall–Kier alpha value is -0.610. The average Bonchev–Trinajstić information content (AvgIpc) is 2.08. The maximum Gasteiger partial charge on any atom is 0.246 e. The maximum atomic E-state index is 10.9. The normalized spacial score (nSPS) is 28.1. The summed E-state index contributed by atoms with van der Waals surface area (Å²) in [6.45, 7) is 2.95. The first-order valence-corrected chi connectivity index (χ1v) is 5.26. The van der Waals surface area contributed by atoms with E-state index in [1.807, 2.05) is 14.0 Å². The Balaban J connectivity index is 2.17. The predicted molar refractivity (Wildman–Crippen MR) is 54.8 cm³/mol. The second-order valence-electron chi connectivity index (χ2n) is 3.95. The molecule has 1 aliphatic rings. The highest BCUT2D eigenvalue weighted by molar-refractivity contribution is 5.78. The lowest BCUT2D eigenvalue weighted by Crippen LogP contribution is -2.42. The molecule has 14 heavy (non-hydrogen) atoms. The zero-order valence-corrected chi connectivity index (χ0v) is 8.95. The van der Waals surface area contributed by atoms with Crippen molar-refractivity contribution in [1.82, 2.24) is 5.32 Å². The van der Waals surface area contributed by atoms with Gasteiger partial charge in [0, 0.05) is 0 Å². The molecule has 0 heterocycles. The lowest BCUT2D eigenvalue weighted by molar-refractivity contribution is -0.140. The lowest BCUT2D eigenvalue weighted by Gasteiger charge is -2.36. The topological polar surface area (TPSA) is 64.3 Å². The van der Waals surface area contributed by atoms with Crippen LogP contribution in [-0.2, 0) is 9.53 Å². The van der Waals surface area contributed by atoms with E-state index in [1.54, 1.807) is 0 Å². The van der Waals surface area contributed by atoms with Gasteiger partial charge in [-0.25, -0.2) is 0 Å². The molecule has 1 saturated carbocycles. The molecule has 1 rings (SSSR count). The molecule has 0 aromatic rings. The summed E-state index contributed by atoms with van der Waals surface area (Å²) >= 11 is 0. The summed E-state index contributed by atoms with van der Waals surface area (Å²) in [5.74, 6) is 0.361. The Morgan fingerprint density at radius 1 is 1.64 bits per heavy atom. The number of carbonyl (C=O) groups is 1. The minimum Gasteiger partial charge on any atom is -0.367 e. The number of hydrogen-bond acceptors (Lipinski definition) is 3. The number of nitrogens with one attached hydrogen (secondary N) is 1. The Labute approximate surface area is 85.2 Å². The molecule has 0 bridgehead atoms. The van der Waals surface area contributed by atoms with Gasteiger partial charge in [-0.15, -0.1) is 0 Å². The number of rotatable bonds is 6. The van der Waals surface area contributed by atoms with E-state index in [4.69, 9.17) is 10.5 Å². The SMILES string of the molecule is CCC(OC1CC(CNC)C1)C(N)=O. The summed E-state index contributed by atoms with van der Waals surface area (Å²) < 4.78 is 5.57. The monoisotopic (exact) mass is 200 g/mol. The van der Waals surface area contributed by atoms with Gasteiger partial charge in [0.2, 0.25) is 5.91 Å². The molecule has 4 nitrogen and oxygen atoms in total. The van der Waals surface area contributed by atoms with Gasteiger partial charge < -0.3 is 15.8 Å². The second-order valence-corrected chi connectivity index (χ2v) is 3.95. The van der Waals surface area contributed by atoms with Crippen molar-refractivity contribution >= 4 is 5.91 Å². The van der Waals surface area contributed by atoms with Crippen LogP contribution in [0.15, 0.2) is 0 Å². The third-order valence-corrected chi connectivity index (χ3v) is 2.73. The third kappa shape index (κ3) is 2.96. The van der Waals surface area contributed by atoms with Crippen molar-refractivity contribution in [1.29, 1.82) is 0 Å². The summed E-state index contributed by atoms with van der Waals surface area (Å²) in [5.41, 5.74) is 5.19. The van der Waals surface area contributed by atoms with Crippen LogP contribution in [0.1, 0.15) is 26.2 Å². The summed E-state index contributed by atoms with van der Waals surface area (Å²) in [6, 6.07) is 0. The predicted octanol–water partition coefficient (Wildman–Crippen LogP) is 0.265. The highest BCUT2D eigenvalue weighted by Crippen LogP contribution is 2.30.